The fraction of sp³-hybridized carbons (Fsp3) is 0.462. The maximum absolute atomic E-state index is 12.1. The van der Waals surface area contributed by atoms with Gasteiger partial charge in [0.15, 0.2) is 0 Å². The molecule has 4 nitrogen and oxygen atoms in total. The first-order chi connectivity index (χ1) is 8.37. The zero-order chi connectivity index (χ0) is 13.3. The van der Waals surface area contributed by atoms with Gasteiger partial charge in [0, 0.05) is 17.6 Å². The van der Waals surface area contributed by atoms with E-state index in [0.29, 0.717) is 6.54 Å². The molecular formula is C13H17BrN2O2. The van der Waals surface area contributed by atoms with Gasteiger partial charge in [0.1, 0.15) is 5.60 Å². The molecule has 0 unspecified atom stereocenters. The molecule has 98 valence electrons. The molecule has 0 radical (unpaired) electrons. The Kier molecular flexibility index (Phi) is 3.52. The molecule has 0 saturated heterocycles. The van der Waals surface area contributed by atoms with Crippen LogP contribution in [0, 0.1) is 0 Å². The van der Waals surface area contributed by atoms with E-state index in [-0.39, 0.29) is 6.09 Å². The maximum atomic E-state index is 12.1. The summed E-state index contributed by atoms with van der Waals surface area (Å²) in [6, 6.07) is 5.80. The number of ether oxygens (including phenoxy) is 1. The number of amides is 1. The summed E-state index contributed by atoms with van der Waals surface area (Å²) in [7, 11) is 0. The molecule has 0 spiro atoms. The van der Waals surface area contributed by atoms with E-state index < -0.39 is 5.60 Å². The van der Waals surface area contributed by atoms with Crippen LogP contribution in [0.25, 0.3) is 0 Å². The first-order valence-electron chi connectivity index (χ1n) is 5.91. The van der Waals surface area contributed by atoms with Gasteiger partial charge < -0.3 is 10.1 Å². The Morgan fingerprint density at radius 3 is 2.83 bits per heavy atom. The molecule has 1 N–H and O–H groups in total. The smallest absolute Gasteiger partial charge is 0.414 e. The third kappa shape index (κ3) is 2.96. The molecule has 5 heteroatoms. The van der Waals surface area contributed by atoms with Gasteiger partial charge in [-0.3, -0.25) is 4.90 Å². The molecular weight excluding hydrogens is 296 g/mol. The molecule has 1 aromatic rings. The van der Waals surface area contributed by atoms with Crippen LogP contribution >= 0.6 is 15.9 Å². The molecule has 1 heterocycles. The number of anilines is 2. The Balaban J connectivity index is 2.25. The largest absolute Gasteiger partial charge is 0.443 e. The first-order valence-corrected chi connectivity index (χ1v) is 6.70. The highest BCUT2D eigenvalue weighted by atomic mass is 79.9. The summed E-state index contributed by atoms with van der Waals surface area (Å²) in [4.78, 5) is 13.8. The molecule has 1 aromatic carbocycles. The van der Waals surface area contributed by atoms with Crippen LogP contribution in [0.1, 0.15) is 20.8 Å². The van der Waals surface area contributed by atoms with Crippen LogP contribution in [0.15, 0.2) is 22.7 Å². The minimum absolute atomic E-state index is 0.299. The van der Waals surface area contributed by atoms with Crippen LogP contribution in [0.4, 0.5) is 16.2 Å². The van der Waals surface area contributed by atoms with E-state index in [9.17, 15) is 4.79 Å². The fourth-order valence-electron chi connectivity index (χ4n) is 1.81. The van der Waals surface area contributed by atoms with E-state index in [1.54, 1.807) is 4.90 Å². The number of hydrogen-bond donors (Lipinski definition) is 1. The highest BCUT2D eigenvalue weighted by Gasteiger charge is 2.27. The number of benzene rings is 1. The van der Waals surface area contributed by atoms with Gasteiger partial charge in [-0.2, -0.15) is 0 Å². The van der Waals surface area contributed by atoms with E-state index in [4.69, 9.17) is 4.74 Å². The summed E-state index contributed by atoms with van der Waals surface area (Å²) in [6.45, 7) is 6.95. The highest BCUT2D eigenvalue weighted by Crippen LogP contribution is 2.32. The lowest BCUT2D eigenvalue weighted by molar-refractivity contribution is 0.0581. The second kappa shape index (κ2) is 4.80. The van der Waals surface area contributed by atoms with Crippen molar-refractivity contribution >= 4 is 33.4 Å². The van der Waals surface area contributed by atoms with Crippen LogP contribution in [0.2, 0.25) is 0 Å². The van der Waals surface area contributed by atoms with Crippen molar-refractivity contribution in [2.24, 2.45) is 0 Å². The number of hydrogen-bond acceptors (Lipinski definition) is 3. The van der Waals surface area contributed by atoms with E-state index in [1.807, 2.05) is 39.0 Å². The summed E-state index contributed by atoms with van der Waals surface area (Å²) >= 11 is 3.42. The van der Waals surface area contributed by atoms with Gasteiger partial charge in [0.2, 0.25) is 0 Å². The molecule has 2 rings (SSSR count). The van der Waals surface area contributed by atoms with Gasteiger partial charge in [0.25, 0.3) is 0 Å². The number of nitrogens with one attached hydrogen (secondary N) is 1. The molecule has 0 aliphatic carbocycles. The van der Waals surface area contributed by atoms with Gasteiger partial charge in [-0.25, -0.2) is 4.79 Å². The molecule has 1 amide bonds. The van der Waals surface area contributed by atoms with E-state index in [1.165, 1.54) is 0 Å². The monoisotopic (exact) mass is 312 g/mol. The van der Waals surface area contributed by atoms with Crippen molar-refractivity contribution in [2.45, 2.75) is 26.4 Å². The Morgan fingerprint density at radius 2 is 2.17 bits per heavy atom. The van der Waals surface area contributed by atoms with Crippen LogP contribution in [-0.4, -0.2) is 24.8 Å². The van der Waals surface area contributed by atoms with E-state index in [0.717, 1.165) is 22.4 Å². The molecule has 1 aliphatic heterocycles. The highest BCUT2D eigenvalue weighted by molar-refractivity contribution is 9.10. The number of nitrogens with zero attached hydrogens (tertiary/aromatic N) is 1. The molecule has 1 aliphatic rings. The Bertz CT molecular complexity index is 469. The lowest BCUT2D eigenvalue weighted by Crippen LogP contribution is -2.42. The zero-order valence-corrected chi connectivity index (χ0v) is 12.4. The second-order valence-corrected chi connectivity index (χ2v) is 6.14. The molecule has 0 aromatic heterocycles. The van der Waals surface area contributed by atoms with Crippen molar-refractivity contribution < 1.29 is 9.53 Å². The summed E-state index contributed by atoms with van der Waals surface area (Å²) in [5, 5.41) is 3.27. The summed E-state index contributed by atoms with van der Waals surface area (Å²) < 4.78 is 6.40. The van der Waals surface area contributed by atoms with Crippen LogP contribution in [-0.2, 0) is 4.74 Å². The van der Waals surface area contributed by atoms with Crippen molar-refractivity contribution in [3.63, 3.8) is 0 Å². The minimum atomic E-state index is -0.475. The Labute approximate surface area is 115 Å². The predicted molar refractivity (Wildman–Crippen MR) is 76.2 cm³/mol. The first kappa shape index (κ1) is 13.2. The van der Waals surface area contributed by atoms with Crippen LogP contribution < -0.4 is 10.2 Å². The lowest BCUT2D eigenvalue weighted by atomic mass is 10.2. The van der Waals surface area contributed by atoms with Gasteiger partial charge in [-0.05, 0) is 39.0 Å². The van der Waals surface area contributed by atoms with Crippen molar-refractivity contribution in [1.29, 1.82) is 0 Å². The number of carbonyl (C=O) groups is 1. The maximum Gasteiger partial charge on any atom is 0.414 e. The van der Waals surface area contributed by atoms with Crippen molar-refractivity contribution in [2.75, 3.05) is 23.3 Å². The van der Waals surface area contributed by atoms with Gasteiger partial charge in [-0.1, -0.05) is 15.9 Å². The van der Waals surface area contributed by atoms with Crippen LogP contribution in [0.3, 0.4) is 0 Å². The predicted octanol–water partition coefficient (Wildman–Crippen LogP) is 3.62. The zero-order valence-electron chi connectivity index (χ0n) is 10.8. The summed E-state index contributed by atoms with van der Waals surface area (Å²) in [6.07, 6.45) is -0.299. The third-order valence-electron chi connectivity index (χ3n) is 2.51. The summed E-state index contributed by atoms with van der Waals surface area (Å²) in [5.41, 5.74) is 1.33. The van der Waals surface area contributed by atoms with Crippen molar-refractivity contribution in [3.05, 3.63) is 22.7 Å². The standard InChI is InChI=1S/C13H17BrN2O2/c1-13(2,3)18-12(17)16-7-6-15-10-8-9(14)4-5-11(10)16/h4-5,8,15H,6-7H2,1-3H3. The van der Waals surface area contributed by atoms with Gasteiger partial charge in [-0.15, -0.1) is 0 Å². The lowest BCUT2D eigenvalue weighted by Gasteiger charge is -2.32. The topological polar surface area (TPSA) is 41.6 Å². The quantitative estimate of drug-likeness (QED) is 0.795. The molecule has 0 atom stereocenters. The van der Waals surface area contributed by atoms with Crippen LogP contribution in [0.5, 0.6) is 0 Å². The number of rotatable bonds is 0. The normalized spacial score (nSPS) is 14.8. The van der Waals surface area contributed by atoms with E-state index in [2.05, 4.69) is 21.2 Å². The second-order valence-electron chi connectivity index (χ2n) is 5.22. The molecule has 0 fully saturated rings. The molecule has 0 saturated carbocycles. The third-order valence-corrected chi connectivity index (χ3v) is 3.01. The number of fused-ring (bicyclic) bond motifs is 1. The van der Waals surface area contributed by atoms with Gasteiger partial charge in [0.05, 0.1) is 11.4 Å². The number of halogens is 1. The fourth-order valence-corrected chi connectivity index (χ4v) is 2.18. The Morgan fingerprint density at radius 1 is 1.44 bits per heavy atom. The SMILES string of the molecule is CC(C)(C)OC(=O)N1CCNc2cc(Br)ccc21. The van der Waals surface area contributed by atoms with Crippen molar-refractivity contribution in [3.8, 4) is 0 Å². The van der Waals surface area contributed by atoms with Crippen molar-refractivity contribution in [1.82, 2.24) is 0 Å². The average molecular weight is 313 g/mol. The molecule has 18 heavy (non-hydrogen) atoms. The van der Waals surface area contributed by atoms with E-state index >= 15 is 0 Å². The minimum Gasteiger partial charge on any atom is -0.443 e. The number of carbonyl (C=O) groups excluding carboxylic acids is 1. The van der Waals surface area contributed by atoms with Gasteiger partial charge >= 0.3 is 6.09 Å². The Hall–Kier alpha value is -1.23. The summed E-state index contributed by atoms with van der Waals surface area (Å²) in [5.74, 6) is 0. The average Bonchev–Trinajstić information content (AvgIpc) is 2.25. The molecule has 0 bridgehead atoms.